The Kier molecular flexibility index (Phi) is 7.55. The lowest BCUT2D eigenvalue weighted by Gasteiger charge is -2.25. The fourth-order valence-electron chi connectivity index (χ4n) is 2.99. The normalized spacial score (nSPS) is 11.2. The highest BCUT2D eigenvalue weighted by atomic mass is 35.5. The van der Waals surface area contributed by atoms with Crippen LogP contribution in [0.5, 0.6) is 11.6 Å². The van der Waals surface area contributed by atoms with Gasteiger partial charge in [-0.2, -0.15) is 13.2 Å². The van der Waals surface area contributed by atoms with Crippen molar-refractivity contribution >= 4 is 46.2 Å². The van der Waals surface area contributed by atoms with Crippen molar-refractivity contribution in [1.82, 2.24) is 4.98 Å². The minimum Gasteiger partial charge on any atom is -0.480 e. The van der Waals surface area contributed by atoms with E-state index in [1.165, 1.54) is 24.4 Å². The number of halogens is 5. The summed E-state index contributed by atoms with van der Waals surface area (Å²) in [7, 11) is 0. The second-order valence-electron chi connectivity index (χ2n) is 6.83. The van der Waals surface area contributed by atoms with Gasteiger partial charge >= 0.3 is 12.1 Å². The SMILES string of the molecule is CCN(CC(=O)O)c1ccc(Oc2ccc(Nc3ccc(Cl)c(Cl)c3)cn2)cc1C(F)(F)F. The molecule has 0 saturated heterocycles. The number of aromatic nitrogens is 1. The first-order valence-electron chi connectivity index (χ1n) is 9.60. The van der Waals surface area contributed by atoms with Gasteiger partial charge < -0.3 is 20.1 Å². The molecule has 33 heavy (non-hydrogen) atoms. The van der Waals surface area contributed by atoms with Crippen LogP contribution >= 0.6 is 23.2 Å². The minimum absolute atomic E-state index is 0.0773. The van der Waals surface area contributed by atoms with Crippen molar-refractivity contribution in [3.8, 4) is 11.6 Å². The molecule has 174 valence electrons. The Bertz CT molecular complexity index is 1140. The van der Waals surface area contributed by atoms with E-state index in [2.05, 4.69) is 10.3 Å². The maximum Gasteiger partial charge on any atom is 0.418 e. The Morgan fingerprint density at radius 3 is 2.39 bits per heavy atom. The van der Waals surface area contributed by atoms with E-state index in [9.17, 15) is 18.0 Å². The fraction of sp³-hybridized carbons (Fsp3) is 0.182. The van der Waals surface area contributed by atoms with Gasteiger partial charge in [-0.05, 0) is 49.4 Å². The largest absolute Gasteiger partial charge is 0.480 e. The molecule has 0 bridgehead atoms. The summed E-state index contributed by atoms with van der Waals surface area (Å²) in [5.41, 5.74) is 0.0290. The standard InChI is InChI=1S/C22H18Cl2F3N3O3/c1-2-30(12-21(31)32)19-7-5-15(10-16(19)22(25,26)27)33-20-8-4-14(11-28-20)29-13-3-6-17(23)18(24)9-13/h3-11,29H,2,12H2,1H3,(H,31,32). The fourth-order valence-corrected chi connectivity index (χ4v) is 3.29. The molecule has 0 unspecified atom stereocenters. The third-order valence-corrected chi connectivity index (χ3v) is 5.23. The molecule has 2 N–H and O–H groups in total. The van der Waals surface area contributed by atoms with E-state index in [1.54, 1.807) is 31.2 Å². The van der Waals surface area contributed by atoms with Gasteiger partial charge in [-0.1, -0.05) is 23.2 Å². The topological polar surface area (TPSA) is 74.7 Å². The van der Waals surface area contributed by atoms with Gasteiger partial charge in [-0.15, -0.1) is 0 Å². The number of nitrogens with zero attached hydrogens (tertiary/aromatic N) is 2. The van der Waals surface area contributed by atoms with Crippen molar-refractivity contribution in [2.24, 2.45) is 0 Å². The number of carboxylic acids is 1. The summed E-state index contributed by atoms with van der Waals surface area (Å²) >= 11 is 11.9. The predicted octanol–water partition coefficient (Wildman–Crippen LogP) is 6.85. The number of anilines is 3. The zero-order chi connectivity index (χ0) is 24.2. The highest BCUT2D eigenvalue weighted by molar-refractivity contribution is 6.42. The minimum atomic E-state index is -4.71. The molecule has 6 nitrogen and oxygen atoms in total. The van der Waals surface area contributed by atoms with Crippen LogP contribution < -0.4 is 15.0 Å². The van der Waals surface area contributed by atoms with Crippen LogP contribution in [0.4, 0.5) is 30.2 Å². The van der Waals surface area contributed by atoms with Gasteiger partial charge in [-0.3, -0.25) is 4.79 Å². The van der Waals surface area contributed by atoms with Crippen molar-refractivity contribution in [3.63, 3.8) is 0 Å². The van der Waals surface area contributed by atoms with Gasteiger partial charge in [0.15, 0.2) is 0 Å². The number of carbonyl (C=O) groups is 1. The van der Waals surface area contributed by atoms with Gasteiger partial charge in [0.1, 0.15) is 12.3 Å². The van der Waals surface area contributed by atoms with E-state index in [4.69, 9.17) is 33.0 Å². The van der Waals surface area contributed by atoms with Crippen LogP contribution in [0, 0.1) is 0 Å². The Balaban J connectivity index is 1.79. The lowest BCUT2D eigenvalue weighted by atomic mass is 10.1. The number of aliphatic carboxylic acids is 1. The van der Waals surface area contributed by atoms with Crippen molar-refractivity contribution in [3.05, 3.63) is 70.3 Å². The van der Waals surface area contributed by atoms with Gasteiger partial charge in [0.2, 0.25) is 5.88 Å². The van der Waals surface area contributed by atoms with E-state index in [0.29, 0.717) is 21.4 Å². The molecule has 1 aromatic heterocycles. The Morgan fingerprint density at radius 1 is 1.09 bits per heavy atom. The number of carboxylic acid groups (broad SMARTS) is 1. The summed E-state index contributed by atoms with van der Waals surface area (Å²) < 4.78 is 46.4. The van der Waals surface area contributed by atoms with E-state index in [0.717, 1.165) is 11.0 Å². The highest BCUT2D eigenvalue weighted by Crippen LogP contribution is 2.39. The molecule has 3 rings (SSSR count). The van der Waals surface area contributed by atoms with Crippen LogP contribution in [0.2, 0.25) is 10.0 Å². The first kappa shape index (κ1) is 24.5. The molecular weight excluding hydrogens is 482 g/mol. The molecular formula is C22H18Cl2F3N3O3. The molecule has 3 aromatic rings. The number of hydrogen-bond acceptors (Lipinski definition) is 5. The van der Waals surface area contributed by atoms with Crippen LogP contribution in [-0.2, 0) is 11.0 Å². The molecule has 0 fully saturated rings. The second-order valence-corrected chi connectivity index (χ2v) is 7.64. The Morgan fingerprint density at radius 2 is 1.82 bits per heavy atom. The number of rotatable bonds is 8. The molecule has 0 aliphatic carbocycles. The van der Waals surface area contributed by atoms with Crippen molar-refractivity contribution in [1.29, 1.82) is 0 Å². The number of nitrogens with one attached hydrogen (secondary N) is 1. The molecule has 0 radical (unpaired) electrons. The van der Waals surface area contributed by atoms with Crippen LogP contribution in [0.15, 0.2) is 54.7 Å². The zero-order valence-electron chi connectivity index (χ0n) is 17.2. The highest BCUT2D eigenvalue weighted by Gasteiger charge is 2.35. The summed E-state index contributed by atoms with van der Waals surface area (Å²) in [6, 6.07) is 11.5. The van der Waals surface area contributed by atoms with Gasteiger partial charge in [0, 0.05) is 24.0 Å². The molecule has 0 aliphatic heterocycles. The van der Waals surface area contributed by atoms with E-state index >= 15 is 0 Å². The Hall–Kier alpha value is -3.17. The average molecular weight is 500 g/mol. The average Bonchev–Trinajstić information content (AvgIpc) is 2.75. The maximum atomic E-state index is 13.6. The first-order valence-corrected chi connectivity index (χ1v) is 10.4. The number of hydrogen-bond donors (Lipinski definition) is 2. The molecule has 11 heteroatoms. The van der Waals surface area contributed by atoms with Crippen molar-refractivity contribution in [2.75, 3.05) is 23.3 Å². The third kappa shape index (κ3) is 6.43. The third-order valence-electron chi connectivity index (χ3n) is 4.49. The smallest absolute Gasteiger partial charge is 0.418 e. The Labute approximate surface area is 197 Å². The van der Waals surface area contributed by atoms with Crippen molar-refractivity contribution < 1.29 is 27.8 Å². The maximum absolute atomic E-state index is 13.6. The number of benzene rings is 2. The lowest BCUT2D eigenvalue weighted by molar-refractivity contribution is -0.138. The zero-order valence-corrected chi connectivity index (χ0v) is 18.7. The van der Waals surface area contributed by atoms with Crippen LogP contribution in [-0.4, -0.2) is 29.1 Å². The number of ether oxygens (including phenoxy) is 1. The van der Waals surface area contributed by atoms with Crippen LogP contribution in [0.3, 0.4) is 0 Å². The van der Waals surface area contributed by atoms with Gasteiger partial charge in [0.05, 0.1) is 27.5 Å². The van der Waals surface area contributed by atoms with Crippen LogP contribution in [0.1, 0.15) is 12.5 Å². The molecule has 0 aliphatic rings. The lowest BCUT2D eigenvalue weighted by Crippen LogP contribution is -2.31. The quantitative estimate of drug-likeness (QED) is 0.352. The monoisotopic (exact) mass is 499 g/mol. The van der Waals surface area contributed by atoms with Crippen LogP contribution in [0.25, 0.3) is 0 Å². The van der Waals surface area contributed by atoms with Gasteiger partial charge in [-0.25, -0.2) is 4.98 Å². The second kappa shape index (κ2) is 10.2. The molecule has 2 aromatic carbocycles. The van der Waals surface area contributed by atoms with Crippen molar-refractivity contribution in [2.45, 2.75) is 13.1 Å². The molecule has 0 atom stereocenters. The summed E-state index contributed by atoms with van der Waals surface area (Å²) in [6.45, 7) is 1.10. The molecule has 0 amide bonds. The predicted molar refractivity (Wildman–Crippen MR) is 121 cm³/mol. The van der Waals surface area contributed by atoms with E-state index < -0.39 is 24.3 Å². The van der Waals surface area contributed by atoms with E-state index in [1.807, 2.05) is 0 Å². The number of pyridine rings is 1. The summed E-state index contributed by atoms with van der Waals surface area (Å²) in [5.74, 6) is -1.24. The molecule has 0 saturated carbocycles. The van der Waals surface area contributed by atoms with E-state index in [-0.39, 0.29) is 23.9 Å². The molecule has 0 spiro atoms. The summed E-state index contributed by atoms with van der Waals surface area (Å²) in [5, 5.41) is 12.9. The first-order chi connectivity index (χ1) is 15.6. The number of likely N-dealkylation sites (N-methyl/N-ethyl adjacent to an activating group) is 1. The summed E-state index contributed by atoms with van der Waals surface area (Å²) in [6.07, 6.45) is -3.26. The number of alkyl halides is 3. The molecule has 1 heterocycles. The van der Waals surface area contributed by atoms with Gasteiger partial charge in [0.25, 0.3) is 0 Å². The summed E-state index contributed by atoms with van der Waals surface area (Å²) in [4.78, 5) is 16.2.